The van der Waals surface area contributed by atoms with Gasteiger partial charge in [-0.05, 0) is 79.5 Å². The number of carboxylic acid groups (broad SMARTS) is 1. The lowest BCUT2D eigenvalue weighted by Crippen LogP contribution is -2.17. The third-order valence-corrected chi connectivity index (χ3v) is 7.68. The summed E-state index contributed by atoms with van der Waals surface area (Å²) in [6, 6.07) is 13.8. The summed E-state index contributed by atoms with van der Waals surface area (Å²) in [6.45, 7) is 2.60. The Morgan fingerprint density at radius 2 is 1.91 bits per heavy atom. The standard InChI is InChI=1S/C24H26ClN3O3S/c1-15-3-8-18(25)13-21(15)17-6-11-20(12-7-17)32-23-22(24(29)30)26-27-28(23)14-16-4-9-19(31-2)10-5-16/h3-5,8-10,13,17,20H,6-7,11-12,14H2,1-2H3,(H,29,30). The molecule has 0 radical (unpaired) electrons. The van der Waals surface area contributed by atoms with Crippen molar-refractivity contribution in [3.05, 3.63) is 69.9 Å². The molecule has 1 N–H and O–H groups in total. The number of ether oxygens (including phenoxy) is 1. The average molecular weight is 472 g/mol. The molecule has 32 heavy (non-hydrogen) atoms. The van der Waals surface area contributed by atoms with Crippen LogP contribution in [0.1, 0.15) is 58.8 Å². The van der Waals surface area contributed by atoms with E-state index in [0.29, 0.717) is 22.7 Å². The Kier molecular flexibility index (Phi) is 7.06. The topological polar surface area (TPSA) is 77.2 Å². The Labute approximate surface area is 196 Å². The van der Waals surface area contributed by atoms with Crippen LogP contribution >= 0.6 is 23.4 Å². The maximum atomic E-state index is 11.8. The van der Waals surface area contributed by atoms with Gasteiger partial charge in [0.15, 0.2) is 0 Å². The van der Waals surface area contributed by atoms with Crippen LogP contribution in [0.4, 0.5) is 0 Å². The summed E-state index contributed by atoms with van der Waals surface area (Å²) >= 11 is 7.81. The molecule has 6 nitrogen and oxygen atoms in total. The molecule has 1 fully saturated rings. The third kappa shape index (κ3) is 5.10. The Morgan fingerprint density at radius 3 is 2.56 bits per heavy atom. The van der Waals surface area contributed by atoms with Crippen LogP contribution in [0.2, 0.25) is 5.02 Å². The van der Waals surface area contributed by atoms with Crippen molar-refractivity contribution < 1.29 is 14.6 Å². The van der Waals surface area contributed by atoms with Crippen molar-refractivity contribution in [2.45, 2.75) is 55.3 Å². The SMILES string of the molecule is COc1ccc(Cn2nnc(C(=O)O)c2SC2CCC(c3cc(Cl)ccc3C)CC2)cc1. The highest BCUT2D eigenvalue weighted by Gasteiger charge is 2.28. The molecule has 0 bridgehead atoms. The van der Waals surface area contributed by atoms with Crippen molar-refractivity contribution >= 4 is 29.3 Å². The largest absolute Gasteiger partial charge is 0.497 e. The second-order valence-electron chi connectivity index (χ2n) is 8.15. The second-order valence-corrected chi connectivity index (χ2v) is 9.87. The smallest absolute Gasteiger partial charge is 0.359 e. The molecule has 3 aromatic rings. The number of methoxy groups -OCH3 is 1. The van der Waals surface area contributed by atoms with Gasteiger partial charge in [0.25, 0.3) is 0 Å². The first kappa shape index (κ1) is 22.7. The Bertz CT molecular complexity index is 1090. The van der Waals surface area contributed by atoms with E-state index in [1.807, 2.05) is 30.3 Å². The number of aryl methyl sites for hydroxylation is 1. The van der Waals surface area contributed by atoms with E-state index in [9.17, 15) is 9.90 Å². The summed E-state index contributed by atoms with van der Waals surface area (Å²) in [4.78, 5) is 11.8. The first-order valence-corrected chi connectivity index (χ1v) is 11.9. The van der Waals surface area contributed by atoms with Crippen molar-refractivity contribution in [2.24, 2.45) is 0 Å². The summed E-state index contributed by atoms with van der Waals surface area (Å²) in [5, 5.41) is 19.5. The van der Waals surface area contributed by atoms with Crippen LogP contribution in [0, 0.1) is 6.92 Å². The van der Waals surface area contributed by atoms with Gasteiger partial charge in [0.2, 0.25) is 5.69 Å². The lowest BCUT2D eigenvalue weighted by molar-refractivity contribution is 0.0686. The van der Waals surface area contributed by atoms with Crippen molar-refractivity contribution in [3.8, 4) is 5.75 Å². The summed E-state index contributed by atoms with van der Waals surface area (Å²) in [6.07, 6.45) is 4.13. The van der Waals surface area contributed by atoms with E-state index >= 15 is 0 Å². The van der Waals surface area contributed by atoms with E-state index in [4.69, 9.17) is 16.3 Å². The number of rotatable bonds is 7. The third-order valence-electron chi connectivity index (χ3n) is 6.02. The molecular formula is C24H26ClN3O3S. The molecule has 1 saturated carbocycles. The van der Waals surface area contributed by atoms with Crippen LogP contribution in [-0.4, -0.2) is 38.4 Å². The molecule has 0 aliphatic heterocycles. The van der Waals surface area contributed by atoms with Crippen molar-refractivity contribution in [1.82, 2.24) is 15.0 Å². The van der Waals surface area contributed by atoms with Crippen molar-refractivity contribution in [3.63, 3.8) is 0 Å². The number of hydrogen-bond donors (Lipinski definition) is 1. The fourth-order valence-corrected chi connectivity index (χ4v) is 5.73. The molecule has 1 aliphatic carbocycles. The molecule has 168 valence electrons. The molecule has 0 amide bonds. The monoisotopic (exact) mass is 471 g/mol. The summed E-state index contributed by atoms with van der Waals surface area (Å²) in [5.74, 6) is 0.225. The number of halogens is 1. The highest BCUT2D eigenvalue weighted by atomic mass is 35.5. The predicted octanol–water partition coefficient (Wildman–Crippen LogP) is 5.81. The molecule has 0 spiro atoms. The minimum Gasteiger partial charge on any atom is -0.497 e. The van der Waals surface area contributed by atoms with E-state index in [-0.39, 0.29) is 5.69 Å². The van der Waals surface area contributed by atoms with E-state index in [1.165, 1.54) is 11.1 Å². The van der Waals surface area contributed by atoms with Crippen LogP contribution in [0.25, 0.3) is 0 Å². The Hall–Kier alpha value is -2.51. The lowest BCUT2D eigenvalue weighted by Gasteiger charge is -2.29. The van der Waals surface area contributed by atoms with Gasteiger partial charge in [0.05, 0.1) is 13.7 Å². The zero-order valence-electron chi connectivity index (χ0n) is 18.1. The molecule has 0 atom stereocenters. The van der Waals surface area contributed by atoms with Gasteiger partial charge in [-0.15, -0.1) is 16.9 Å². The van der Waals surface area contributed by atoms with Crippen LogP contribution in [0.5, 0.6) is 5.75 Å². The van der Waals surface area contributed by atoms with Crippen LogP contribution in [-0.2, 0) is 6.54 Å². The van der Waals surface area contributed by atoms with Gasteiger partial charge >= 0.3 is 5.97 Å². The first-order valence-electron chi connectivity index (χ1n) is 10.7. The highest BCUT2D eigenvalue weighted by molar-refractivity contribution is 7.99. The molecule has 2 aromatic carbocycles. The van der Waals surface area contributed by atoms with Gasteiger partial charge in [-0.25, -0.2) is 9.48 Å². The van der Waals surface area contributed by atoms with E-state index in [1.54, 1.807) is 23.6 Å². The minimum atomic E-state index is -1.04. The number of aromatic nitrogens is 3. The van der Waals surface area contributed by atoms with E-state index in [0.717, 1.165) is 42.0 Å². The molecule has 1 aliphatic rings. The van der Waals surface area contributed by atoms with Gasteiger partial charge < -0.3 is 9.84 Å². The lowest BCUT2D eigenvalue weighted by atomic mass is 9.82. The number of hydrogen-bond acceptors (Lipinski definition) is 5. The summed E-state index contributed by atoms with van der Waals surface area (Å²) in [5.41, 5.74) is 3.64. The molecule has 1 aromatic heterocycles. The molecule has 1 heterocycles. The first-order chi connectivity index (χ1) is 15.4. The van der Waals surface area contributed by atoms with E-state index in [2.05, 4.69) is 29.4 Å². The van der Waals surface area contributed by atoms with Gasteiger partial charge in [-0.2, -0.15) is 0 Å². The van der Waals surface area contributed by atoms with Gasteiger partial charge in [-0.1, -0.05) is 35.0 Å². The number of aromatic carboxylic acids is 1. The fraction of sp³-hybridized carbons (Fsp3) is 0.375. The van der Waals surface area contributed by atoms with Gasteiger partial charge in [0.1, 0.15) is 10.8 Å². The van der Waals surface area contributed by atoms with Crippen molar-refractivity contribution in [1.29, 1.82) is 0 Å². The molecule has 0 saturated heterocycles. The van der Waals surface area contributed by atoms with Crippen LogP contribution in [0.3, 0.4) is 0 Å². The number of carbonyl (C=O) groups is 1. The summed E-state index contributed by atoms with van der Waals surface area (Å²) < 4.78 is 6.91. The minimum absolute atomic E-state index is 0.0244. The quantitative estimate of drug-likeness (QED) is 0.468. The second kappa shape index (κ2) is 9.96. The number of carboxylic acids is 1. The van der Waals surface area contributed by atoms with Crippen LogP contribution < -0.4 is 4.74 Å². The van der Waals surface area contributed by atoms with Gasteiger partial charge in [0, 0.05) is 10.3 Å². The molecule has 4 rings (SSSR count). The zero-order valence-corrected chi connectivity index (χ0v) is 19.7. The number of benzene rings is 2. The number of thioether (sulfide) groups is 1. The highest BCUT2D eigenvalue weighted by Crippen LogP contribution is 2.42. The maximum Gasteiger partial charge on any atom is 0.359 e. The van der Waals surface area contributed by atoms with Gasteiger partial charge in [-0.3, -0.25) is 0 Å². The molecule has 0 unspecified atom stereocenters. The maximum absolute atomic E-state index is 11.8. The van der Waals surface area contributed by atoms with E-state index < -0.39 is 5.97 Å². The fourth-order valence-electron chi connectivity index (χ4n) is 4.26. The average Bonchev–Trinajstić information content (AvgIpc) is 3.19. The molecule has 8 heteroatoms. The number of nitrogens with zero attached hydrogens (tertiary/aromatic N) is 3. The Morgan fingerprint density at radius 1 is 1.19 bits per heavy atom. The predicted molar refractivity (Wildman–Crippen MR) is 126 cm³/mol. The Balaban J connectivity index is 1.47. The normalized spacial score (nSPS) is 18.5. The van der Waals surface area contributed by atoms with Crippen molar-refractivity contribution in [2.75, 3.05) is 7.11 Å². The summed E-state index contributed by atoms with van der Waals surface area (Å²) in [7, 11) is 1.63. The molecular weight excluding hydrogens is 446 g/mol. The van der Waals surface area contributed by atoms with Crippen LogP contribution in [0.15, 0.2) is 47.5 Å². The zero-order chi connectivity index (χ0) is 22.7.